The summed E-state index contributed by atoms with van der Waals surface area (Å²) < 4.78 is 6.16. The molecule has 0 saturated heterocycles. The van der Waals surface area contributed by atoms with Crippen LogP contribution in [0.1, 0.15) is 51.5 Å². The van der Waals surface area contributed by atoms with Crippen LogP contribution in [0.4, 0.5) is 0 Å². The van der Waals surface area contributed by atoms with Crippen molar-refractivity contribution in [1.82, 2.24) is 10.2 Å². The van der Waals surface area contributed by atoms with Crippen molar-refractivity contribution >= 4 is 11.8 Å². The van der Waals surface area contributed by atoms with Gasteiger partial charge < -0.3 is 25.2 Å². The van der Waals surface area contributed by atoms with E-state index < -0.39 is 24.2 Å². The highest BCUT2D eigenvalue weighted by Gasteiger charge is 2.55. The van der Waals surface area contributed by atoms with E-state index in [-0.39, 0.29) is 25.0 Å². The second kappa shape index (κ2) is 8.68. The Hall–Kier alpha value is -2.38. The Morgan fingerprint density at radius 1 is 1.24 bits per heavy atom. The normalized spacial score (nSPS) is 34.6. The van der Waals surface area contributed by atoms with Gasteiger partial charge in [0, 0.05) is 31.1 Å². The SMILES string of the molecule is CC(=O)N(C[C@@H]1CC[C@H]2C[C@@H]1C2(C)C)[C@@H]1C=C(C(=O)NCCO)[C@@H]2c3ccccc3O[C@@H]2[C@H]1O. The lowest BCUT2D eigenvalue weighted by molar-refractivity contribution is -0.144. The Kier molecular flexibility index (Phi) is 5.97. The molecule has 0 radical (unpaired) electrons. The smallest absolute Gasteiger partial charge is 0.247 e. The van der Waals surface area contributed by atoms with E-state index in [1.165, 1.54) is 12.8 Å². The Labute approximate surface area is 201 Å². The molecule has 2 amide bonds. The summed E-state index contributed by atoms with van der Waals surface area (Å²) in [7, 11) is 0. The number of fused-ring (bicyclic) bond motifs is 5. The van der Waals surface area contributed by atoms with E-state index in [4.69, 9.17) is 4.74 Å². The fraction of sp³-hybridized carbons (Fsp3) is 0.630. The molecule has 0 aromatic heterocycles. The molecular weight excluding hydrogens is 432 g/mol. The first-order chi connectivity index (χ1) is 16.2. The van der Waals surface area contributed by atoms with Crippen molar-refractivity contribution < 1.29 is 24.5 Å². The van der Waals surface area contributed by atoms with Crippen molar-refractivity contribution in [3.63, 3.8) is 0 Å². The van der Waals surface area contributed by atoms with Crippen LogP contribution in [0.3, 0.4) is 0 Å². The van der Waals surface area contributed by atoms with Crippen molar-refractivity contribution in [2.45, 2.75) is 64.2 Å². The number of hydrogen-bond acceptors (Lipinski definition) is 5. The molecular formula is C27H36N2O5. The Morgan fingerprint density at radius 2 is 2.00 bits per heavy atom. The molecule has 184 valence electrons. The second-order valence-electron chi connectivity index (χ2n) is 11.0. The Morgan fingerprint density at radius 3 is 2.68 bits per heavy atom. The number of aliphatic hydroxyl groups is 2. The lowest BCUT2D eigenvalue weighted by atomic mass is 9.45. The quantitative estimate of drug-likeness (QED) is 0.595. The van der Waals surface area contributed by atoms with Crippen LogP contribution in [0.5, 0.6) is 5.75 Å². The summed E-state index contributed by atoms with van der Waals surface area (Å²) in [6.45, 7) is 6.77. The molecule has 3 N–H and O–H groups in total. The van der Waals surface area contributed by atoms with Crippen LogP contribution >= 0.6 is 0 Å². The van der Waals surface area contributed by atoms with E-state index in [9.17, 15) is 19.8 Å². The summed E-state index contributed by atoms with van der Waals surface area (Å²) in [5.74, 6) is 1.56. The maximum atomic E-state index is 13.2. The summed E-state index contributed by atoms with van der Waals surface area (Å²) in [4.78, 5) is 27.8. The number of nitrogens with one attached hydrogen (secondary N) is 1. The average Bonchev–Trinajstić information content (AvgIpc) is 3.21. The van der Waals surface area contributed by atoms with Crippen molar-refractivity contribution in [3.05, 3.63) is 41.5 Å². The number of nitrogens with zero attached hydrogens (tertiary/aromatic N) is 1. The first kappa shape index (κ1) is 23.4. The fourth-order valence-corrected chi connectivity index (χ4v) is 7.09. The summed E-state index contributed by atoms with van der Waals surface area (Å²) in [5.41, 5.74) is 1.64. The van der Waals surface area contributed by atoms with Gasteiger partial charge in [0.15, 0.2) is 0 Å². The minimum absolute atomic E-state index is 0.108. The highest BCUT2D eigenvalue weighted by molar-refractivity contribution is 5.96. The zero-order chi connectivity index (χ0) is 24.2. The van der Waals surface area contributed by atoms with Crippen LogP contribution in [0, 0.1) is 23.2 Å². The number of aliphatic hydroxyl groups excluding tert-OH is 2. The van der Waals surface area contributed by atoms with Gasteiger partial charge in [-0.05, 0) is 54.6 Å². The zero-order valence-corrected chi connectivity index (χ0v) is 20.2. The number of carbonyl (C=O) groups excluding carboxylic acids is 2. The van der Waals surface area contributed by atoms with E-state index in [1.807, 2.05) is 24.3 Å². The molecule has 4 aliphatic carbocycles. The minimum Gasteiger partial charge on any atom is -0.486 e. The van der Waals surface area contributed by atoms with E-state index in [1.54, 1.807) is 17.9 Å². The van der Waals surface area contributed by atoms with Crippen LogP contribution in [-0.4, -0.2) is 64.9 Å². The van der Waals surface area contributed by atoms with Gasteiger partial charge in [0.05, 0.1) is 18.6 Å². The van der Waals surface area contributed by atoms with Gasteiger partial charge in [-0.2, -0.15) is 0 Å². The van der Waals surface area contributed by atoms with Crippen LogP contribution in [0.25, 0.3) is 0 Å². The minimum atomic E-state index is -0.957. The van der Waals surface area contributed by atoms with Crippen molar-refractivity contribution in [2.75, 3.05) is 19.7 Å². The number of para-hydroxylation sites is 1. The third kappa shape index (κ3) is 3.64. The molecule has 3 fully saturated rings. The number of rotatable bonds is 6. The van der Waals surface area contributed by atoms with E-state index >= 15 is 0 Å². The van der Waals surface area contributed by atoms with Crippen molar-refractivity contribution in [1.29, 1.82) is 0 Å². The van der Waals surface area contributed by atoms with E-state index in [2.05, 4.69) is 19.2 Å². The molecule has 2 bridgehead atoms. The zero-order valence-electron chi connectivity index (χ0n) is 20.2. The third-order valence-electron chi connectivity index (χ3n) is 9.07. The maximum absolute atomic E-state index is 13.2. The van der Waals surface area contributed by atoms with Gasteiger partial charge >= 0.3 is 0 Å². The van der Waals surface area contributed by atoms with Crippen molar-refractivity contribution in [2.24, 2.45) is 23.2 Å². The molecule has 1 aliphatic heterocycles. The largest absolute Gasteiger partial charge is 0.486 e. The molecule has 7 nitrogen and oxygen atoms in total. The topological polar surface area (TPSA) is 99.1 Å². The van der Waals surface area contributed by atoms with Gasteiger partial charge in [-0.15, -0.1) is 0 Å². The average molecular weight is 469 g/mol. The van der Waals surface area contributed by atoms with Crippen molar-refractivity contribution in [3.8, 4) is 5.75 Å². The monoisotopic (exact) mass is 468 g/mol. The fourth-order valence-electron chi connectivity index (χ4n) is 7.09. The molecule has 1 aromatic carbocycles. The summed E-state index contributed by atoms with van der Waals surface area (Å²) in [6.07, 6.45) is 3.64. The van der Waals surface area contributed by atoms with Gasteiger partial charge in [0.2, 0.25) is 11.8 Å². The first-order valence-electron chi connectivity index (χ1n) is 12.6. The molecule has 6 rings (SSSR count). The summed E-state index contributed by atoms with van der Waals surface area (Å²) >= 11 is 0. The summed E-state index contributed by atoms with van der Waals surface area (Å²) in [6, 6.07) is 6.88. The molecule has 3 saturated carbocycles. The Bertz CT molecular complexity index is 1000. The third-order valence-corrected chi connectivity index (χ3v) is 9.07. The van der Waals surface area contributed by atoms with Gasteiger partial charge in [0.25, 0.3) is 0 Å². The van der Waals surface area contributed by atoms with Gasteiger partial charge in [-0.3, -0.25) is 9.59 Å². The number of hydrogen-bond donors (Lipinski definition) is 3. The predicted molar refractivity (Wildman–Crippen MR) is 127 cm³/mol. The van der Waals surface area contributed by atoms with Crippen LogP contribution in [0.2, 0.25) is 0 Å². The Balaban J connectivity index is 1.47. The molecule has 1 aromatic rings. The second-order valence-corrected chi connectivity index (χ2v) is 11.0. The molecule has 0 spiro atoms. The number of carbonyl (C=O) groups is 2. The first-order valence-corrected chi connectivity index (χ1v) is 12.6. The van der Waals surface area contributed by atoms with Gasteiger partial charge in [-0.1, -0.05) is 32.0 Å². The lowest BCUT2D eigenvalue weighted by Gasteiger charge is -2.61. The number of amides is 2. The molecule has 7 heteroatoms. The van der Waals surface area contributed by atoms with E-state index in [0.717, 1.165) is 17.9 Å². The molecule has 1 heterocycles. The van der Waals surface area contributed by atoms with E-state index in [0.29, 0.717) is 35.1 Å². The number of ether oxygens (including phenoxy) is 1. The number of benzene rings is 1. The summed E-state index contributed by atoms with van der Waals surface area (Å²) in [5, 5.41) is 23.5. The van der Waals surface area contributed by atoms with Gasteiger partial charge in [-0.25, -0.2) is 0 Å². The molecule has 5 aliphatic rings. The molecule has 34 heavy (non-hydrogen) atoms. The van der Waals surface area contributed by atoms with Gasteiger partial charge in [0.1, 0.15) is 18.0 Å². The van der Waals surface area contributed by atoms with Crippen LogP contribution in [0.15, 0.2) is 35.9 Å². The molecule has 7 atom stereocenters. The highest BCUT2D eigenvalue weighted by atomic mass is 16.5. The predicted octanol–water partition coefficient (Wildman–Crippen LogP) is 2.23. The lowest BCUT2D eigenvalue weighted by Crippen LogP contribution is -2.59. The highest BCUT2D eigenvalue weighted by Crippen LogP contribution is 2.61. The maximum Gasteiger partial charge on any atom is 0.247 e. The van der Waals surface area contributed by atoms with Crippen LogP contribution in [-0.2, 0) is 9.59 Å². The standard InChI is InChI=1S/C27H36N2O5/c1-15(31)29(14-16-8-9-17-12-20(16)27(17,2)3)21-13-19(26(33)28-10-11-30)23-18-6-4-5-7-22(18)34-25(23)24(21)32/h4-7,13,16-17,20-21,23-25,30,32H,8-12,14H2,1-3H3,(H,28,33)/t16-,17-,20-,21+,23-,24-,25-/m0/s1. The van der Waals surface area contributed by atoms with Crippen LogP contribution < -0.4 is 10.1 Å². The molecule has 0 unspecified atom stereocenters.